The molecule has 110 valence electrons. The largest absolute Gasteiger partial charge is 0.505 e. The summed E-state index contributed by atoms with van der Waals surface area (Å²) in [5, 5.41) is 9.98. The molecule has 2 aromatic rings. The molecule has 0 aromatic heterocycles. The van der Waals surface area contributed by atoms with Crippen molar-refractivity contribution in [2.24, 2.45) is 0 Å². The summed E-state index contributed by atoms with van der Waals surface area (Å²) in [4.78, 5) is 14.3. The van der Waals surface area contributed by atoms with Gasteiger partial charge in [0.05, 0.1) is 11.3 Å². The van der Waals surface area contributed by atoms with E-state index in [9.17, 15) is 9.90 Å². The van der Waals surface area contributed by atoms with Crippen molar-refractivity contribution in [1.29, 1.82) is 0 Å². The van der Waals surface area contributed by atoms with Gasteiger partial charge in [-0.2, -0.15) is 0 Å². The number of nitrogens with two attached hydrogens (primary N) is 1. The maximum atomic E-state index is 12.6. The molecule has 0 spiro atoms. The molecule has 0 saturated heterocycles. The fraction of sp³-hybridized carbons (Fsp3) is 0.235. The number of carbonyl (C=O) groups is 1. The molecule has 1 amide bonds. The fourth-order valence-electron chi connectivity index (χ4n) is 2.23. The smallest absolute Gasteiger partial charge is 0.257 e. The van der Waals surface area contributed by atoms with Crippen molar-refractivity contribution in [3.63, 3.8) is 0 Å². The van der Waals surface area contributed by atoms with Gasteiger partial charge in [-0.05, 0) is 24.1 Å². The zero-order valence-corrected chi connectivity index (χ0v) is 12.1. The first kappa shape index (κ1) is 14.9. The van der Waals surface area contributed by atoms with Crippen LogP contribution in [0.15, 0.2) is 48.5 Å². The van der Waals surface area contributed by atoms with E-state index < -0.39 is 0 Å². The number of aromatic hydroxyl groups is 1. The van der Waals surface area contributed by atoms with Crippen molar-refractivity contribution < 1.29 is 9.90 Å². The molecule has 0 aliphatic heterocycles. The number of rotatable bonds is 5. The van der Waals surface area contributed by atoms with Crippen molar-refractivity contribution in [2.45, 2.75) is 19.9 Å². The highest BCUT2D eigenvalue weighted by Gasteiger charge is 2.19. The molecule has 0 atom stereocenters. The molecular weight excluding hydrogens is 264 g/mol. The van der Waals surface area contributed by atoms with E-state index in [1.54, 1.807) is 23.1 Å². The fourth-order valence-corrected chi connectivity index (χ4v) is 2.23. The molecule has 0 heterocycles. The van der Waals surface area contributed by atoms with Gasteiger partial charge < -0.3 is 15.7 Å². The van der Waals surface area contributed by atoms with E-state index in [0.29, 0.717) is 13.1 Å². The van der Waals surface area contributed by atoms with Gasteiger partial charge in [0.1, 0.15) is 0 Å². The molecule has 0 fully saturated rings. The van der Waals surface area contributed by atoms with E-state index >= 15 is 0 Å². The molecule has 0 saturated carbocycles. The van der Waals surface area contributed by atoms with Crippen LogP contribution in [0, 0.1) is 0 Å². The maximum absolute atomic E-state index is 12.6. The summed E-state index contributed by atoms with van der Waals surface area (Å²) in [5.74, 6) is -0.345. The number of nitrogen functional groups attached to an aromatic ring is 1. The Kier molecular flexibility index (Phi) is 4.82. The second-order valence-corrected chi connectivity index (χ2v) is 4.96. The van der Waals surface area contributed by atoms with Crippen molar-refractivity contribution in [1.82, 2.24) is 4.90 Å². The molecular formula is C17H20N2O2. The minimum absolute atomic E-state index is 0.142. The maximum Gasteiger partial charge on any atom is 0.257 e. The Hall–Kier alpha value is -2.49. The highest BCUT2D eigenvalue weighted by atomic mass is 16.3. The van der Waals surface area contributed by atoms with Gasteiger partial charge in [-0.25, -0.2) is 0 Å². The summed E-state index contributed by atoms with van der Waals surface area (Å²) in [6.07, 6.45) is 0.849. The first-order chi connectivity index (χ1) is 10.1. The highest BCUT2D eigenvalue weighted by molar-refractivity contribution is 5.98. The Bertz CT molecular complexity index is 611. The lowest BCUT2D eigenvalue weighted by atomic mass is 10.1. The summed E-state index contributed by atoms with van der Waals surface area (Å²) in [7, 11) is 0. The number of anilines is 1. The van der Waals surface area contributed by atoms with E-state index in [-0.39, 0.29) is 22.9 Å². The Balaban J connectivity index is 2.25. The van der Waals surface area contributed by atoms with Gasteiger partial charge in [0.2, 0.25) is 0 Å². The van der Waals surface area contributed by atoms with Crippen molar-refractivity contribution in [2.75, 3.05) is 12.3 Å². The van der Waals surface area contributed by atoms with E-state index in [0.717, 1.165) is 12.0 Å². The summed E-state index contributed by atoms with van der Waals surface area (Å²) >= 11 is 0. The molecule has 0 unspecified atom stereocenters. The van der Waals surface area contributed by atoms with Crippen LogP contribution in [0.4, 0.5) is 5.69 Å². The first-order valence-corrected chi connectivity index (χ1v) is 7.04. The number of nitrogens with zero attached hydrogens (tertiary/aromatic N) is 1. The lowest BCUT2D eigenvalue weighted by molar-refractivity contribution is 0.0740. The van der Waals surface area contributed by atoms with E-state index in [1.165, 1.54) is 0 Å². The normalized spacial score (nSPS) is 10.3. The summed E-state index contributed by atoms with van der Waals surface area (Å²) < 4.78 is 0. The number of carbonyl (C=O) groups excluding carboxylic acids is 1. The summed E-state index contributed by atoms with van der Waals surface area (Å²) in [6, 6.07) is 14.7. The number of benzene rings is 2. The molecule has 2 aromatic carbocycles. The van der Waals surface area contributed by atoms with Gasteiger partial charge in [-0.15, -0.1) is 0 Å². The van der Waals surface area contributed by atoms with Crippen LogP contribution in [0.1, 0.15) is 29.3 Å². The van der Waals surface area contributed by atoms with Crippen molar-refractivity contribution >= 4 is 11.6 Å². The number of hydrogen-bond acceptors (Lipinski definition) is 3. The monoisotopic (exact) mass is 284 g/mol. The van der Waals surface area contributed by atoms with Gasteiger partial charge in [0, 0.05) is 13.1 Å². The molecule has 3 N–H and O–H groups in total. The van der Waals surface area contributed by atoms with Crippen molar-refractivity contribution in [3.05, 3.63) is 59.7 Å². The summed E-state index contributed by atoms with van der Waals surface area (Å²) in [6.45, 7) is 3.16. The lowest BCUT2D eigenvalue weighted by Crippen LogP contribution is -2.31. The molecule has 0 aliphatic rings. The van der Waals surface area contributed by atoms with Crippen LogP contribution in [0.25, 0.3) is 0 Å². The van der Waals surface area contributed by atoms with Gasteiger partial charge >= 0.3 is 0 Å². The van der Waals surface area contributed by atoms with E-state index in [2.05, 4.69) is 0 Å². The second-order valence-electron chi connectivity index (χ2n) is 4.96. The van der Waals surface area contributed by atoms with Crippen LogP contribution in [0.2, 0.25) is 0 Å². The van der Waals surface area contributed by atoms with Gasteiger partial charge in [-0.3, -0.25) is 4.79 Å². The number of phenolic OH excluding ortho intramolecular Hbond substituents is 1. The zero-order valence-electron chi connectivity index (χ0n) is 12.1. The van der Waals surface area contributed by atoms with Crippen LogP contribution >= 0.6 is 0 Å². The lowest BCUT2D eigenvalue weighted by Gasteiger charge is -2.23. The third kappa shape index (κ3) is 3.54. The molecule has 0 radical (unpaired) electrons. The molecule has 2 rings (SSSR count). The van der Waals surface area contributed by atoms with E-state index in [1.807, 2.05) is 37.3 Å². The standard InChI is InChI=1S/C17H20N2O2/c1-2-11-19(12-13-7-4-3-5-8-13)17(21)14-9-6-10-15(18)16(14)20/h3-10,20H,2,11-12,18H2,1H3. The van der Waals surface area contributed by atoms with Crippen molar-refractivity contribution in [3.8, 4) is 5.75 Å². The van der Waals surface area contributed by atoms with Gasteiger partial charge in [0.25, 0.3) is 5.91 Å². The Morgan fingerprint density at radius 2 is 1.86 bits per heavy atom. The first-order valence-electron chi connectivity index (χ1n) is 7.04. The predicted molar refractivity (Wildman–Crippen MR) is 84.0 cm³/mol. The van der Waals surface area contributed by atoms with Gasteiger partial charge in [-0.1, -0.05) is 43.3 Å². The third-order valence-electron chi connectivity index (χ3n) is 3.29. The molecule has 4 heteroatoms. The third-order valence-corrected chi connectivity index (χ3v) is 3.29. The Labute approximate surface area is 124 Å². The topological polar surface area (TPSA) is 66.6 Å². The average Bonchev–Trinajstić information content (AvgIpc) is 2.50. The molecule has 0 aliphatic carbocycles. The van der Waals surface area contributed by atoms with Crippen LogP contribution in [-0.4, -0.2) is 22.5 Å². The van der Waals surface area contributed by atoms with Crippen LogP contribution in [0.3, 0.4) is 0 Å². The average molecular weight is 284 g/mol. The minimum atomic E-state index is -0.203. The van der Waals surface area contributed by atoms with Crippen LogP contribution in [-0.2, 0) is 6.54 Å². The van der Waals surface area contributed by atoms with Crippen LogP contribution in [0.5, 0.6) is 5.75 Å². The summed E-state index contributed by atoms with van der Waals surface area (Å²) in [5.41, 5.74) is 7.19. The Morgan fingerprint density at radius 1 is 1.14 bits per heavy atom. The second kappa shape index (κ2) is 6.79. The highest BCUT2D eigenvalue weighted by Crippen LogP contribution is 2.26. The molecule has 4 nitrogen and oxygen atoms in total. The number of para-hydroxylation sites is 1. The number of phenols is 1. The Morgan fingerprint density at radius 3 is 2.52 bits per heavy atom. The molecule has 0 bridgehead atoms. The zero-order chi connectivity index (χ0) is 15.2. The van der Waals surface area contributed by atoms with Crippen LogP contribution < -0.4 is 5.73 Å². The minimum Gasteiger partial charge on any atom is -0.505 e. The number of hydrogen-bond donors (Lipinski definition) is 2. The molecule has 21 heavy (non-hydrogen) atoms. The number of amides is 1. The SMILES string of the molecule is CCCN(Cc1ccccc1)C(=O)c1cccc(N)c1O. The van der Waals surface area contributed by atoms with Gasteiger partial charge in [0.15, 0.2) is 5.75 Å². The quantitative estimate of drug-likeness (QED) is 0.655. The van der Waals surface area contributed by atoms with E-state index in [4.69, 9.17) is 5.73 Å². The predicted octanol–water partition coefficient (Wildman–Crippen LogP) is 3.03.